The Hall–Kier alpha value is -0.770. The summed E-state index contributed by atoms with van der Waals surface area (Å²) in [6, 6.07) is 0. The van der Waals surface area contributed by atoms with Gasteiger partial charge in [0.05, 0.1) is 0 Å². The van der Waals surface area contributed by atoms with E-state index in [1.165, 1.54) is 0 Å². The predicted molar refractivity (Wildman–Crippen MR) is 64.5 cm³/mol. The molecule has 0 aromatic rings. The molecule has 0 saturated carbocycles. The lowest BCUT2D eigenvalue weighted by molar-refractivity contribution is 0.0289. The third-order valence-corrected chi connectivity index (χ3v) is 2.08. The van der Waals surface area contributed by atoms with Gasteiger partial charge in [0.1, 0.15) is 5.60 Å². The lowest BCUT2D eigenvalue weighted by Crippen LogP contribution is -2.35. The van der Waals surface area contributed by atoms with E-state index < -0.39 is 0 Å². The Morgan fingerprint density at radius 3 is 2.12 bits per heavy atom. The van der Waals surface area contributed by atoms with Gasteiger partial charge in [0.15, 0.2) is 0 Å². The van der Waals surface area contributed by atoms with Gasteiger partial charge in [-0.15, -0.1) is 0 Å². The summed E-state index contributed by atoms with van der Waals surface area (Å²) in [7, 11) is 3.25. The summed E-state index contributed by atoms with van der Waals surface area (Å²) in [6.07, 6.45) is 0.927. The van der Waals surface area contributed by atoms with Crippen LogP contribution in [0.25, 0.3) is 0 Å². The predicted octanol–water partition coefficient (Wildman–Crippen LogP) is 2.53. The SMILES string of the molecule is CC1CCN(C(=O)OC(C)(C)C)C1.COC. The Morgan fingerprint density at radius 2 is 1.81 bits per heavy atom. The molecule has 1 saturated heterocycles. The second-order valence-corrected chi connectivity index (χ2v) is 5.23. The Morgan fingerprint density at radius 1 is 1.31 bits per heavy atom. The van der Waals surface area contributed by atoms with Gasteiger partial charge < -0.3 is 14.4 Å². The summed E-state index contributed by atoms with van der Waals surface area (Å²) < 4.78 is 9.51. The van der Waals surface area contributed by atoms with Crippen LogP contribution in [0.5, 0.6) is 0 Å². The van der Waals surface area contributed by atoms with Crippen LogP contribution in [0.15, 0.2) is 0 Å². The summed E-state index contributed by atoms with van der Waals surface area (Å²) >= 11 is 0. The van der Waals surface area contributed by atoms with Crippen molar-refractivity contribution in [3.8, 4) is 0 Å². The van der Waals surface area contributed by atoms with Crippen molar-refractivity contribution in [2.45, 2.75) is 39.7 Å². The quantitative estimate of drug-likeness (QED) is 0.643. The number of nitrogens with zero attached hydrogens (tertiary/aromatic N) is 1. The molecular weight excluding hydrogens is 206 g/mol. The van der Waals surface area contributed by atoms with Gasteiger partial charge in [-0.25, -0.2) is 4.79 Å². The maximum absolute atomic E-state index is 11.5. The number of carbonyl (C=O) groups excluding carboxylic acids is 1. The highest BCUT2D eigenvalue weighted by Gasteiger charge is 2.27. The van der Waals surface area contributed by atoms with E-state index in [4.69, 9.17) is 4.74 Å². The van der Waals surface area contributed by atoms with Crippen molar-refractivity contribution in [1.29, 1.82) is 0 Å². The summed E-state index contributed by atoms with van der Waals surface area (Å²) in [5.41, 5.74) is -0.372. The lowest BCUT2D eigenvalue weighted by atomic mass is 10.2. The normalized spacial score (nSPS) is 20.1. The van der Waals surface area contributed by atoms with Crippen molar-refractivity contribution in [3.05, 3.63) is 0 Å². The van der Waals surface area contributed by atoms with Crippen molar-refractivity contribution in [2.75, 3.05) is 27.3 Å². The number of hydrogen-bond acceptors (Lipinski definition) is 3. The first-order valence-electron chi connectivity index (χ1n) is 5.68. The first-order valence-corrected chi connectivity index (χ1v) is 5.68. The van der Waals surface area contributed by atoms with Gasteiger partial charge in [-0.1, -0.05) is 6.92 Å². The van der Waals surface area contributed by atoms with Gasteiger partial charge in [-0.05, 0) is 33.1 Å². The van der Waals surface area contributed by atoms with E-state index in [1.807, 2.05) is 20.8 Å². The highest BCUT2D eigenvalue weighted by Crippen LogP contribution is 2.18. The van der Waals surface area contributed by atoms with Crippen molar-refractivity contribution in [1.82, 2.24) is 4.90 Å². The minimum absolute atomic E-state index is 0.170. The molecule has 1 aliphatic rings. The van der Waals surface area contributed by atoms with Crippen LogP contribution < -0.4 is 0 Å². The number of ether oxygens (including phenoxy) is 2. The zero-order chi connectivity index (χ0) is 12.8. The van der Waals surface area contributed by atoms with Crippen molar-refractivity contribution in [2.24, 2.45) is 5.92 Å². The van der Waals surface area contributed by atoms with Gasteiger partial charge in [0.2, 0.25) is 0 Å². The average molecular weight is 231 g/mol. The smallest absolute Gasteiger partial charge is 0.410 e. The second kappa shape index (κ2) is 6.74. The molecule has 4 nitrogen and oxygen atoms in total. The van der Waals surface area contributed by atoms with Gasteiger partial charge >= 0.3 is 6.09 Å². The third kappa shape index (κ3) is 6.67. The van der Waals surface area contributed by atoms with Crippen LogP contribution in [-0.4, -0.2) is 43.9 Å². The van der Waals surface area contributed by atoms with Gasteiger partial charge in [-0.3, -0.25) is 0 Å². The fourth-order valence-corrected chi connectivity index (χ4v) is 1.43. The molecule has 1 atom stereocenters. The maximum Gasteiger partial charge on any atom is 0.410 e. The Balaban J connectivity index is 0.000000673. The van der Waals surface area contributed by atoms with E-state index in [9.17, 15) is 4.79 Å². The number of amides is 1. The average Bonchev–Trinajstić information content (AvgIpc) is 2.50. The Bertz CT molecular complexity index is 211. The van der Waals surface area contributed by atoms with Crippen LogP contribution in [0.1, 0.15) is 34.1 Å². The number of hydrogen-bond donors (Lipinski definition) is 0. The number of rotatable bonds is 0. The highest BCUT2D eigenvalue weighted by molar-refractivity contribution is 5.68. The summed E-state index contributed by atoms with van der Waals surface area (Å²) in [4.78, 5) is 13.3. The van der Waals surface area contributed by atoms with Crippen LogP contribution >= 0.6 is 0 Å². The van der Waals surface area contributed by atoms with Crippen molar-refractivity contribution < 1.29 is 14.3 Å². The Kier molecular flexibility index (Phi) is 6.41. The molecule has 0 spiro atoms. The minimum Gasteiger partial charge on any atom is -0.444 e. The minimum atomic E-state index is -0.372. The summed E-state index contributed by atoms with van der Waals surface area (Å²) in [6.45, 7) is 9.52. The van der Waals surface area contributed by atoms with Gasteiger partial charge in [0, 0.05) is 27.3 Å². The number of methoxy groups -OCH3 is 1. The molecule has 1 rings (SSSR count). The van der Waals surface area contributed by atoms with Crippen LogP contribution in [0.3, 0.4) is 0 Å². The fraction of sp³-hybridized carbons (Fsp3) is 0.917. The fourth-order valence-electron chi connectivity index (χ4n) is 1.43. The molecule has 0 aliphatic carbocycles. The van der Waals surface area contributed by atoms with Gasteiger partial charge in [0.25, 0.3) is 0 Å². The van der Waals surface area contributed by atoms with Gasteiger partial charge in [-0.2, -0.15) is 0 Å². The van der Waals surface area contributed by atoms with Crippen molar-refractivity contribution in [3.63, 3.8) is 0 Å². The monoisotopic (exact) mass is 231 g/mol. The molecule has 0 bridgehead atoms. The molecule has 1 amide bonds. The zero-order valence-corrected chi connectivity index (χ0v) is 11.4. The molecule has 4 heteroatoms. The largest absolute Gasteiger partial charge is 0.444 e. The number of carbonyl (C=O) groups is 1. The zero-order valence-electron chi connectivity index (χ0n) is 11.4. The first-order chi connectivity index (χ1) is 7.30. The topological polar surface area (TPSA) is 38.8 Å². The van der Waals surface area contributed by atoms with E-state index >= 15 is 0 Å². The molecule has 1 aliphatic heterocycles. The molecule has 1 heterocycles. The van der Waals surface area contributed by atoms with E-state index in [0.29, 0.717) is 5.92 Å². The van der Waals surface area contributed by atoms with Crippen LogP contribution in [0, 0.1) is 5.92 Å². The lowest BCUT2D eigenvalue weighted by Gasteiger charge is -2.24. The molecule has 16 heavy (non-hydrogen) atoms. The van der Waals surface area contributed by atoms with Crippen LogP contribution in [0.4, 0.5) is 4.79 Å². The second-order valence-electron chi connectivity index (χ2n) is 5.23. The van der Waals surface area contributed by atoms with E-state index in [-0.39, 0.29) is 11.7 Å². The van der Waals surface area contributed by atoms with E-state index in [1.54, 1.807) is 19.1 Å². The molecule has 1 unspecified atom stereocenters. The molecule has 0 aromatic heterocycles. The van der Waals surface area contributed by atoms with Crippen LogP contribution in [0.2, 0.25) is 0 Å². The molecule has 96 valence electrons. The molecular formula is C12H25NO3. The van der Waals surface area contributed by atoms with Crippen molar-refractivity contribution >= 4 is 6.09 Å². The highest BCUT2D eigenvalue weighted by atomic mass is 16.6. The first kappa shape index (κ1) is 15.2. The molecule has 0 radical (unpaired) electrons. The molecule has 0 aromatic carbocycles. The molecule has 1 fully saturated rings. The van der Waals surface area contributed by atoms with E-state index in [0.717, 1.165) is 19.5 Å². The standard InChI is InChI=1S/C10H19NO2.C2H6O/c1-8-5-6-11(7-8)9(12)13-10(2,3)4;1-3-2/h8H,5-7H2,1-4H3;1-2H3. The Labute approximate surface area is 98.9 Å². The summed E-state index contributed by atoms with van der Waals surface area (Å²) in [5, 5.41) is 0. The summed E-state index contributed by atoms with van der Waals surface area (Å²) in [5.74, 6) is 0.618. The number of likely N-dealkylation sites (tertiary alicyclic amines) is 1. The maximum atomic E-state index is 11.5. The third-order valence-electron chi connectivity index (χ3n) is 2.08. The van der Waals surface area contributed by atoms with Crippen LogP contribution in [-0.2, 0) is 9.47 Å². The van der Waals surface area contributed by atoms with E-state index in [2.05, 4.69) is 11.7 Å². The molecule has 0 N–H and O–H groups in total.